The van der Waals surface area contributed by atoms with E-state index in [0.717, 1.165) is 11.1 Å². The van der Waals surface area contributed by atoms with Gasteiger partial charge in [-0.2, -0.15) is 0 Å². The van der Waals surface area contributed by atoms with E-state index >= 15 is 0 Å². The predicted molar refractivity (Wildman–Crippen MR) is 104 cm³/mol. The number of aliphatic hydroxyl groups is 1. The van der Waals surface area contributed by atoms with Crippen LogP contribution in [0.1, 0.15) is 24.3 Å². The van der Waals surface area contributed by atoms with Crippen molar-refractivity contribution in [3.05, 3.63) is 71.8 Å². The fourth-order valence-electron chi connectivity index (χ4n) is 3.65. The lowest BCUT2D eigenvalue weighted by molar-refractivity contribution is -0.345. The molecule has 154 valence electrons. The Morgan fingerprint density at radius 2 is 1.79 bits per heavy atom. The van der Waals surface area contributed by atoms with Gasteiger partial charge in [-0.15, -0.1) is 0 Å². The minimum atomic E-state index is -1.01. The number of carbonyl (C=O) groups excluding carboxylic acids is 1. The molecule has 0 saturated carbocycles. The van der Waals surface area contributed by atoms with Crippen LogP contribution in [-0.2, 0) is 30.3 Å². The lowest BCUT2D eigenvalue weighted by Crippen LogP contribution is -2.66. The van der Waals surface area contributed by atoms with Crippen molar-refractivity contribution in [2.45, 2.75) is 50.5 Å². The molecule has 7 heteroatoms. The molecule has 2 N–H and O–H groups in total. The number of fused-ring (bicyclic) bond motifs is 1. The Hall–Kier alpha value is -2.29. The molecule has 0 aromatic heterocycles. The largest absolute Gasteiger partial charge is 0.388 e. The third-order valence-electron chi connectivity index (χ3n) is 5.06. The van der Waals surface area contributed by atoms with Crippen LogP contribution in [-0.4, -0.2) is 48.3 Å². The molecule has 0 spiro atoms. The van der Waals surface area contributed by atoms with E-state index in [1.807, 2.05) is 60.7 Å². The average Bonchev–Trinajstić information content (AvgIpc) is 2.75. The number of rotatable bonds is 5. The van der Waals surface area contributed by atoms with Crippen molar-refractivity contribution in [3.63, 3.8) is 0 Å². The van der Waals surface area contributed by atoms with E-state index in [4.69, 9.17) is 18.9 Å². The molecule has 2 fully saturated rings. The number of hydrogen-bond acceptors (Lipinski definition) is 6. The van der Waals surface area contributed by atoms with Crippen molar-refractivity contribution in [1.82, 2.24) is 5.32 Å². The molecular formula is C22H25NO6. The summed E-state index contributed by atoms with van der Waals surface area (Å²) in [6.07, 6.45) is -3.59. The van der Waals surface area contributed by atoms with E-state index in [0.29, 0.717) is 6.61 Å². The molecule has 6 atom stereocenters. The maximum atomic E-state index is 11.7. The number of aliphatic hydroxyl groups excluding tert-OH is 1. The molecule has 2 aromatic rings. The van der Waals surface area contributed by atoms with E-state index in [9.17, 15) is 9.90 Å². The van der Waals surface area contributed by atoms with Gasteiger partial charge in [0, 0.05) is 12.5 Å². The summed E-state index contributed by atoms with van der Waals surface area (Å²) in [6.45, 7) is 1.93. The molecule has 0 unspecified atom stereocenters. The maximum Gasteiger partial charge on any atom is 0.217 e. The quantitative estimate of drug-likeness (QED) is 0.799. The zero-order chi connectivity index (χ0) is 20.2. The second-order valence-electron chi connectivity index (χ2n) is 7.23. The van der Waals surface area contributed by atoms with Crippen LogP contribution >= 0.6 is 0 Å². The maximum absolute atomic E-state index is 11.7. The van der Waals surface area contributed by atoms with Gasteiger partial charge in [0.15, 0.2) is 12.6 Å². The highest BCUT2D eigenvalue weighted by atomic mass is 16.7. The zero-order valence-electron chi connectivity index (χ0n) is 16.1. The summed E-state index contributed by atoms with van der Waals surface area (Å²) in [4.78, 5) is 11.7. The number of carbonyl (C=O) groups is 1. The molecule has 2 saturated heterocycles. The molecule has 2 aliphatic heterocycles. The Morgan fingerprint density at radius 1 is 1.10 bits per heavy atom. The molecule has 29 heavy (non-hydrogen) atoms. The summed E-state index contributed by atoms with van der Waals surface area (Å²) in [5.74, 6) is -0.281. The van der Waals surface area contributed by atoms with Crippen molar-refractivity contribution < 1.29 is 28.8 Å². The van der Waals surface area contributed by atoms with Crippen molar-refractivity contribution >= 4 is 5.91 Å². The topological polar surface area (TPSA) is 86.3 Å². The molecule has 0 bridgehead atoms. The molecule has 2 aromatic carbocycles. The monoisotopic (exact) mass is 399 g/mol. The lowest BCUT2D eigenvalue weighted by atomic mass is 9.95. The summed E-state index contributed by atoms with van der Waals surface area (Å²) in [5, 5.41) is 13.7. The molecule has 2 aliphatic rings. The van der Waals surface area contributed by atoms with Gasteiger partial charge >= 0.3 is 0 Å². The summed E-state index contributed by atoms with van der Waals surface area (Å²) in [7, 11) is 0. The van der Waals surface area contributed by atoms with Crippen molar-refractivity contribution in [2.75, 3.05) is 6.61 Å². The van der Waals surface area contributed by atoms with E-state index in [-0.39, 0.29) is 12.5 Å². The smallest absolute Gasteiger partial charge is 0.217 e. The summed E-state index contributed by atoms with van der Waals surface area (Å²) in [5.41, 5.74) is 1.83. The first-order chi connectivity index (χ1) is 14.1. The molecule has 0 aliphatic carbocycles. The van der Waals surface area contributed by atoms with Gasteiger partial charge < -0.3 is 29.4 Å². The molecule has 1 amide bonds. The normalized spacial score (nSPS) is 31.7. The van der Waals surface area contributed by atoms with Gasteiger partial charge in [0.2, 0.25) is 5.91 Å². The van der Waals surface area contributed by atoms with E-state index in [2.05, 4.69) is 5.32 Å². The van der Waals surface area contributed by atoms with Gasteiger partial charge in [0.05, 0.1) is 13.2 Å². The molecule has 0 radical (unpaired) electrons. The van der Waals surface area contributed by atoms with Crippen LogP contribution < -0.4 is 5.32 Å². The van der Waals surface area contributed by atoms with Crippen LogP contribution in [0.2, 0.25) is 0 Å². The van der Waals surface area contributed by atoms with Gasteiger partial charge in [-0.25, -0.2) is 0 Å². The Morgan fingerprint density at radius 3 is 2.48 bits per heavy atom. The fourth-order valence-corrected chi connectivity index (χ4v) is 3.65. The molecule has 2 heterocycles. The Balaban J connectivity index is 1.48. The number of nitrogens with one attached hydrogen (secondary N) is 1. The predicted octanol–water partition coefficient (Wildman–Crippen LogP) is 1.91. The number of amides is 1. The molecule has 7 nitrogen and oxygen atoms in total. The van der Waals surface area contributed by atoms with Crippen LogP contribution in [0.15, 0.2) is 60.7 Å². The Bertz CT molecular complexity index is 801. The van der Waals surface area contributed by atoms with Crippen LogP contribution in [0.3, 0.4) is 0 Å². The van der Waals surface area contributed by atoms with Gasteiger partial charge in [-0.1, -0.05) is 60.7 Å². The summed E-state index contributed by atoms with van der Waals surface area (Å²) in [6, 6.07) is 18.4. The lowest BCUT2D eigenvalue weighted by Gasteiger charge is -2.47. The van der Waals surface area contributed by atoms with Crippen LogP contribution in [0.4, 0.5) is 0 Å². The number of ether oxygens (including phenoxy) is 4. The highest BCUT2D eigenvalue weighted by Crippen LogP contribution is 2.34. The number of benzene rings is 2. The first kappa shape index (κ1) is 20.0. The van der Waals surface area contributed by atoms with Crippen LogP contribution in [0.25, 0.3) is 0 Å². The highest BCUT2D eigenvalue weighted by molar-refractivity contribution is 5.73. The molecule has 4 rings (SSSR count). The van der Waals surface area contributed by atoms with E-state index in [1.165, 1.54) is 6.92 Å². The van der Waals surface area contributed by atoms with Gasteiger partial charge in [0.25, 0.3) is 0 Å². The summed E-state index contributed by atoms with van der Waals surface area (Å²) < 4.78 is 23.8. The fraction of sp³-hybridized carbons (Fsp3) is 0.409. The second kappa shape index (κ2) is 9.02. The second-order valence-corrected chi connectivity index (χ2v) is 7.23. The Kier molecular flexibility index (Phi) is 6.22. The van der Waals surface area contributed by atoms with Crippen LogP contribution in [0.5, 0.6) is 0 Å². The minimum Gasteiger partial charge on any atom is -0.388 e. The van der Waals surface area contributed by atoms with E-state index < -0.39 is 36.9 Å². The van der Waals surface area contributed by atoms with Crippen molar-refractivity contribution in [3.8, 4) is 0 Å². The summed E-state index contributed by atoms with van der Waals surface area (Å²) >= 11 is 0. The third kappa shape index (κ3) is 4.66. The number of hydrogen-bond donors (Lipinski definition) is 2. The van der Waals surface area contributed by atoms with Crippen LogP contribution in [0, 0.1) is 0 Å². The Labute approximate surface area is 169 Å². The van der Waals surface area contributed by atoms with E-state index in [1.54, 1.807) is 0 Å². The SMILES string of the molecule is CC(=O)N[C@@H]1[C@H](OCc2ccccc2)O[C@@H]2CO[C@@H](c3ccccc3)O[C@H]2[C@@H]1O. The van der Waals surface area contributed by atoms with Gasteiger partial charge in [-0.05, 0) is 5.56 Å². The molecular weight excluding hydrogens is 374 g/mol. The average molecular weight is 399 g/mol. The van der Waals surface area contributed by atoms with Gasteiger partial charge in [-0.3, -0.25) is 4.79 Å². The van der Waals surface area contributed by atoms with Gasteiger partial charge in [0.1, 0.15) is 24.4 Å². The van der Waals surface area contributed by atoms with Crippen molar-refractivity contribution in [2.24, 2.45) is 0 Å². The highest BCUT2D eigenvalue weighted by Gasteiger charge is 2.50. The minimum absolute atomic E-state index is 0.249. The zero-order valence-corrected chi connectivity index (χ0v) is 16.1. The van der Waals surface area contributed by atoms with Crippen molar-refractivity contribution in [1.29, 1.82) is 0 Å². The third-order valence-corrected chi connectivity index (χ3v) is 5.06. The first-order valence-electron chi connectivity index (χ1n) is 9.70. The standard InChI is InChI=1S/C22H25NO6/c1-14(24)23-18-19(25)20-17(13-27-21(29-20)16-10-6-3-7-11-16)28-22(18)26-12-15-8-4-2-5-9-15/h2-11,17-22,25H,12-13H2,1H3,(H,23,24)/t17-,18+,19-,20-,21-,22-/m1/s1. The first-order valence-corrected chi connectivity index (χ1v) is 9.70.